The number of hydrogen-bond donors (Lipinski definition) is 0. The van der Waals surface area contributed by atoms with Crippen LogP contribution in [0.15, 0.2) is 267 Å². The highest BCUT2D eigenvalue weighted by Gasteiger charge is 2.20. The van der Waals surface area contributed by atoms with E-state index in [0.29, 0.717) is 0 Å². The number of para-hydroxylation sites is 1. The Morgan fingerprint density at radius 2 is 0.750 bits per heavy atom. The molecule has 318 valence electrons. The third-order valence-corrected chi connectivity index (χ3v) is 13.7. The molecule has 0 N–H and O–H groups in total. The Hall–Kier alpha value is -8.98. The van der Waals surface area contributed by atoms with E-state index in [4.69, 9.17) is 0 Å². The summed E-state index contributed by atoms with van der Waals surface area (Å²) in [6, 6.07) is 97.6. The van der Waals surface area contributed by atoms with Gasteiger partial charge in [0, 0.05) is 33.5 Å². The Kier molecular flexibility index (Phi) is 9.54. The van der Waals surface area contributed by atoms with Crippen molar-refractivity contribution in [2.75, 3.05) is 4.90 Å². The summed E-state index contributed by atoms with van der Waals surface area (Å²) in [5, 5.41) is 9.96. The lowest BCUT2D eigenvalue weighted by atomic mass is 9.93. The van der Waals surface area contributed by atoms with Crippen LogP contribution in [-0.2, 0) is 0 Å². The molecule has 0 atom stereocenters. The number of aromatic nitrogens is 1. The second kappa shape index (κ2) is 16.5. The van der Waals surface area contributed by atoms with Crippen molar-refractivity contribution < 1.29 is 0 Å². The zero-order valence-electron chi connectivity index (χ0n) is 37.3. The zero-order chi connectivity index (χ0) is 45.0. The van der Waals surface area contributed by atoms with Crippen LogP contribution in [0.25, 0.3) is 104 Å². The van der Waals surface area contributed by atoms with Gasteiger partial charge in [0.25, 0.3) is 0 Å². The lowest BCUT2D eigenvalue weighted by Gasteiger charge is -2.27. The van der Waals surface area contributed by atoms with Crippen LogP contribution in [0.1, 0.15) is 0 Å². The standard InChI is InChI=1S/C66H44N2/c1-4-16-45(17-5-1)52-40-53(46-18-6-2-7-19-46)42-54(41-52)47-32-35-56(36-33-47)67(58-37-38-60-51(44-58)31-30-48-20-10-12-26-59(48)60)57-25-14-22-50(43-57)62-28-15-29-63-66(62)65-61-27-13-11-21-49(61)34-39-64(65)68(63)55-23-8-3-9-24-55/h1-44H. The molecule has 0 fully saturated rings. The van der Waals surface area contributed by atoms with E-state index in [1.165, 1.54) is 87.5 Å². The van der Waals surface area contributed by atoms with Crippen molar-refractivity contribution in [2.45, 2.75) is 0 Å². The first-order chi connectivity index (χ1) is 33.7. The topological polar surface area (TPSA) is 8.17 Å². The summed E-state index contributed by atoms with van der Waals surface area (Å²) in [4.78, 5) is 2.42. The molecule has 13 rings (SSSR count). The lowest BCUT2D eigenvalue weighted by molar-refractivity contribution is 1.18. The van der Waals surface area contributed by atoms with Gasteiger partial charge in [0.05, 0.1) is 11.0 Å². The molecular formula is C66H44N2. The van der Waals surface area contributed by atoms with E-state index in [1.54, 1.807) is 0 Å². The minimum absolute atomic E-state index is 1.08. The van der Waals surface area contributed by atoms with E-state index in [9.17, 15) is 0 Å². The molecule has 0 radical (unpaired) electrons. The van der Waals surface area contributed by atoms with Gasteiger partial charge < -0.3 is 9.47 Å². The molecule has 0 saturated heterocycles. The normalized spacial score (nSPS) is 11.5. The van der Waals surface area contributed by atoms with Gasteiger partial charge in [0.15, 0.2) is 0 Å². The molecule has 0 unspecified atom stereocenters. The number of benzene rings is 12. The molecule has 0 bridgehead atoms. The van der Waals surface area contributed by atoms with E-state index in [0.717, 1.165) is 33.9 Å². The zero-order valence-corrected chi connectivity index (χ0v) is 37.3. The molecule has 0 amide bonds. The molecule has 0 aliphatic carbocycles. The third-order valence-electron chi connectivity index (χ3n) is 13.7. The van der Waals surface area contributed by atoms with Crippen molar-refractivity contribution in [1.29, 1.82) is 0 Å². The summed E-state index contributed by atoms with van der Waals surface area (Å²) in [5.74, 6) is 0. The van der Waals surface area contributed by atoms with Gasteiger partial charge in [0.2, 0.25) is 0 Å². The Balaban J connectivity index is 0.988. The van der Waals surface area contributed by atoms with E-state index < -0.39 is 0 Å². The molecular weight excluding hydrogens is 821 g/mol. The van der Waals surface area contributed by atoms with Crippen LogP contribution < -0.4 is 4.90 Å². The van der Waals surface area contributed by atoms with Crippen LogP contribution in [0.2, 0.25) is 0 Å². The van der Waals surface area contributed by atoms with E-state index in [1.807, 2.05) is 0 Å². The molecule has 0 aliphatic rings. The van der Waals surface area contributed by atoms with Crippen molar-refractivity contribution in [2.24, 2.45) is 0 Å². The molecule has 1 heterocycles. The average Bonchev–Trinajstić information content (AvgIpc) is 3.77. The van der Waals surface area contributed by atoms with Gasteiger partial charge in [-0.15, -0.1) is 0 Å². The smallest absolute Gasteiger partial charge is 0.0547 e. The first kappa shape index (κ1) is 39.4. The highest BCUT2D eigenvalue weighted by Crippen LogP contribution is 2.45. The van der Waals surface area contributed by atoms with E-state index in [2.05, 4.69) is 276 Å². The maximum absolute atomic E-state index is 2.43. The Morgan fingerprint density at radius 3 is 1.46 bits per heavy atom. The molecule has 13 aromatic rings. The fourth-order valence-electron chi connectivity index (χ4n) is 10.5. The molecule has 68 heavy (non-hydrogen) atoms. The SMILES string of the molecule is c1ccc(-c2cc(-c3ccccc3)cc(-c3ccc(N(c4cccc(-c5cccc6c5c5c7ccccc7ccc5n6-c5ccccc5)c4)c4ccc5c(ccc6ccccc65)c4)cc3)c2)cc1. The number of fused-ring (bicyclic) bond motifs is 8. The van der Waals surface area contributed by atoms with Crippen molar-refractivity contribution >= 4 is 71.2 Å². The fraction of sp³-hybridized carbons (Fsp3) is 0. The predicted molar refractivity (Wildman–Crippen MR) is 290 cm³/mol. The summed E-state index contributed by atoms with van der Waals surface area (Å²) < 4.78 is 2.43. The third kappa shape index (κ3) is 6.82. The molecule has 2 nitrogen and oxygen atoms in total. The Morgan fingerprint density at radius 1 is 0.250 bits per heavy atom. The van der Waals surface area contributed by atoms with Crippen LogP contribution in [0.4, 0.5) is 17.1 Å². The molecule has 0 spiro atoms. The van der Waals surface area contributed by atoms with Crippen LogP contribution in [0, 0.1) is 0 Å². The molecule has 0 aliphatic heterocycles. The van der Waals surface area contributed by atoms with Crippen LogP contribution in [0.5, 0.6) is 0 Å². The summed E-state index contributed by atoms with van der Waals surface area (Å²) in [6.45, 7) is 0. The van der Waals surface area contributed by atoms with Gasteiger partial charge in [0.1, 0.15) is 0 Å². The maximum atomic E-state index is 2.43. The molecule has 1 aromatic heterocycles. The number of hydrogen-bond acceptors (Lipinski definition) is 1. The largest absolute Gasteiger partial charge is 0.310 e. The maximum Gasteiger partial charge on any atom is 0.0547 e. The van der Waals surface area contributed by atoms with Crippen LogP contribution >= 0.6 is 0 Å². The van der Waals surface area contributed by atoms with Gasteiger partial charge in [-0.1, -0.05) is 188 Å². The summed E-state index contributed by atoms with van der Waals surface area (Å²) in [7, 11) is 0. The lowest BCUT2D eigenvalue weighted by Crippen LogP contribution is -2.10. The van der Waals surface area contributed by atoms with Crippen molar-refractivity contribution in [1.82, 2.24) is 4.57 Å². The van der Waals surface area contributed by atoms with Gasteiger partial charge in [-0.3, -0.25) is 0 Å². The highest BCUT2D eigenvalue weighted by molar-refractivity contribution is 6.25. The van der Waals surface area contributed by atoms with Crippen molar-refractivity contribution in [3.05, 3.63) is 267 Å². The number of nitrogens with zero attached hydrogens (tertiary/aromatic N) is 2. The Bertz CT molecular complexity index is 3940. The first-order valence-electron chi connectivity index (χ1n) is 23.4. The summed E-state index contributed by atoms with van der Waals surface area (Å²) in [6.07, 6.45) is 0. The second-order valence-electron chi connectivity index (χ2n) is 17.7. The van der Waals surface area contributed by atoms with Crippen molar-refractivity contribution in [3.8, 4) is 50.2 Å². The summed E-state index contributed by atoms with van der Waals surface area (Å²) in [5.41, 5.74) is 16.3. The number of anilines is 3. The molecule has 2 heteroatoms. The van der Waals surface area contributed by atoms with Gasteiger partial charge >= 0.3 is 0 Å². The van der Waals surface area contributed by atoms with Crippen LogP contribution in [0.3, 0.4) is 0 Å². The Labute approximate surface area is 395 Å². The quantitative estimate of drug-likeness (QED) is 0.138. The minimum atomic E-state index is 1.08. The van der Waals surface area contributed by atoms with E-state index >= 15 is 0 Å². The number of rotatable bonds is 8. The van der Waals surface area contributed by atoms with Gasteiger partial charge in [-0.05, 0) is 156 Å². The monoisotopic (exact) mass is 864 g/mol. The minimum Gasteiger partial charge on any atom is -0.310 e. The molecule has 12 aromatic carbocycles. The van der Waals surface area contributed by atoms with Crippen molar-refractivity contribution in [3.63, 3.8) is 0 Å². The molecule has 0 saturated carbocycles. The van der Waals surface area contributed by atoms with Gasteiger partial charge in [-0.25, -0.2) is 0 Å². The van der Waals surface area contributed by atoms with E-state index in [-0.39, 0.29) is 0 Å². The van der Waals surface area contributed by atoms with Crippen LogP contribution in [-0.4, -0.2) is 4.57 Å². The first-order valence-corrected chi connectivity index (χ1v) is 23.4. The van der Waals surface area contributed by atoms with Gasteiger partial charge in [-0.2, -0.15) is 0 Å². The fourth-order valence-corrected chi connectivity index (χ4v) is 10.5. The highest BCUT2D eigenvalue weighted by atomic mass is 15.1. The predicted octanol–water partition coefficient (Wildman–Crippen LogP) is 18.4. The average molecular weight is 865 g/mol. The second-order valence-corrected chi connectivity index (χ2v) is 17.7. The summed E-state index contributed by atoms with van der Waals surface area (Å²) >= 11 is 0.